The zero-order valence-corrected chi connectivity index (χ0v) is 16.0. The highest BCUT2D eigenvalue weighted by atomic mass is 19.1. The first-order chi connectivity index (χ1) is 12.7. The van der Waals surface area contributed by atoms with Crippen molar-refractivity contribution in [3.8, 4) is 0 Å². The predicted molar refractivity (Wildman–Crippen MR) is 103 cm³/mol. The van der Waals surface area contributed by atoms with Crippen LogP contribution in [-0.2, 0) is 4.74 Å². The number of guanidine groups is 1. The second-order valence-corrected chi connectivity index (χ2v) is 7.10. The van der Waals surface area contributed by atoms with E-state index in [1.54, 1.807) is 19.2 Å². The fourth-order valence-electron chi connectivity index (χ4n) is 3.93. The molecular weight excluding hydrogens is 331 g/mol. The zero-order valence-electron chi connectivity index (χ0n) is 16.0. The molecule has 1 N–H and O–H groups in total. The Labute approximate surface area is 156 Å². The van der Waals surface area contributed by atoms with Crippen LogP contribution in [0.15, 0.2) is 29.3 Å². The van der Waals surface area contributed by atoms with Crippen LogP contribution < -0.4 is 5.32 Å². The molecule has 144 valence electrons. The summed E-state index contributed by atoms with van der Waals surface area (Å²) in [6.07, 6.45) is 3.70. The Kier molecular flexibility index (Phi) is 6.86. The topological polar surface area (TPSA) is 40.1 Å². The number of benzene rings is 1. The monoisotopic (exact) mass is 362 g/mol. The summed E-state index contributed by atoms with van der Waals surface area (Å²) in [6.45, 7) is 8.02. The molecule has 2 heterocycles. The van der Waals surface area contributed by atoms with Gasteiger partial charge in [-0.15, -0.1) is 0 Å². The number of methoxy groups -OCH3 is 1. The van der Waals surface area contributed by atoms with Crippen molar-refractivity contribution in [2.24, 2.45) is 4.99 Å². The van der Waals surface area contributed by atoms with E-state index in [9.17, 15) is 4.39 Å². The number of hydrogen-bond donors (Lipinski definition) is 1. The van der Waals surface area contributed by atoms with Crippen molar-refractivity contribution in [3.05, 3.63) is 35.6 Å². The predicted octanol–water partition coefficient (Wildman–Crippen LogP) is 2.65. The Morgan fingerprint density at radius 3 is 2.65 bits per heavy atom. The fourth-order valence-corrected chi connectivity index (χ4v) is 3.93. The third-order valence-electron chi connectivity index (χ3n) is 5.39. The van der Waals surface area contributed by atoms with Crippen molar-refractivity contribution in [3.63, 3.8) is 0 Å². The molecule has 0 aromatic heterocycles. The summed E-state index contributed by atoms with van der Waals surface area (Å²) in [7, 11) is 1.68. The van der Waals surface area contributed by atoms with Gasteiger partial charge in [0.05, 0.1) is 6.54 Å². The molecule has 0 spiro atoms. The van der Waals surface area contributed by atoms with Crippen molar-refractivity contribution in [2.75, 3.05) is 46.4 Å². The molecule has 2 unspecified atom stereocenters. The first kappa shape index (κ1) is 19.1. The summed E-state index contributed by atoms with van der Waals surface area (Å²) in [6, 6.07) is 7.13. The number of halogens is 1. The molecule has 0 aliphatic carbocycles. The molecule has 1 aromatic carbocycles. The van der Waals surface area contributed by atoms with Crippen molar-refractivity contribution in [1.82, 2.24) is 15.1 Å². The molecule has 2 fully saturated rings. The van der Waals surface area contributed by atoms with Crippen molar-refractivity contribution in [1.29, 1.82) is 0 Å². The largest absolute Gasteiger partial charge is 0.375 e. The lowest BCUT2D eigenvalue weighted by Crippen LogP contribution is -2.43. The van der Waals surface area contributed by atoms with Gasteiger partial charge in [0.1, 0.15) is 11.9 Å². The van der Waals surface area contributed by atoms with Crippen LogP contribution >= 0.6 is 0 Å². The highest BCUT2D eigenvalue weighted by Gasteiger charge is 2.30. The Bertz CT molecular complexity index is 586. The van der Waals surface area contributed by atoms with Gasteiger partial charge in [0.15, 0.2) is 5.96 Å². The lowest BCUT2D eigenvalue weighted by atomic mass is 10.1. The van der Waals surface area contributed by atoms with E-state index in [-0.39, 0.29) is 11.9 Å². The molecule has 0 bridgehead atoms. The van der Waals surface area contributed by atoms with Gasteiger partial charge in [-0.1, -0.05) is 12.1 Å². The summed E-state index contributed by atoms with van der Waals surface area (Å²) in [4.78, 5) is 9.81. The second-order valence-electron chi connectivity index (χ2n) is 7.10. The number of hydrogen-bond acceptors (Lipinski definition) is 3. The van der Waals surface area contributed by atoms with E-state index in [1.165, 1.54) is 44.5 Å². The number of nitrogens with one attached hydrogen (secondary N) is 1. The molecule has 2 atom stereocenters. The van der Waals surface area contributed by atoms with Crippen LogP contribution in [0.4, 0.5) is 4.39 Å². The van der Waals surface area contributed by atoms with Gasteiger partial charge in [-0.05, 0) is 57.0 Å². The highest BCUT2D eigenvalue weighted by Crippen LogP contribution is 2.21. The molecule has 5 nitrogen and oxygen atoms in total. The van der Waals surface area contributed by atoms with Crippen LogP contribution in [-0.4, -0.2) is 68.2 Å². The van der Waals surface area contributed by atoms with Gasteiger partial charge in [-0.2, -0.15) is 0 Å². The van der Waals surface area contributed by atoms with Gasteiger partial charge in [0, 0.05) is 32.8 Å². The van der Waals surface area contributed by atoms with Crippen molar-refractivity contribution in [2.45, 2.75) is 38.3 Å². The summed E-state index contributed by atoms with van der Waals surface area (Å²) in [5.41, 5.74) is 0.949. The summed E-state index contributed by atoms with van der Waals surface area (Å²) in [5, 5.41) is 3.42. The van der Waals surface area contributed by atoms with Gasteiger partial charge in [0.25, 0.3) is 0 Å². The Morgan fingerprint density at radius 2 is 2.00 bits per heavy atom. The molecule has 26 heavy (non-hydrogen) atoms. The molecule has 6 heteroatoms. The van der Waals surface area contributed by atoms with Crippen LogP contribution in [0.5, 0.6) is 0 Å². The van der Waals surface area contributed by atoms with Crippen LogP contribution in [0, 0.1) is 5.82 Å². The molecule has 0 radical (unpaired) electrons. The standard InChI is InChI=1S/C20H31FN4O/c1-3-22-20(25-13-10-18(15-25)24-11-4-5-12-24)23-14-19(26-2)16-6-8-17(21)9-7-16/h6-9,18-19H,3-5,10-15H2,1-2H3,(H,22,23). The number of nitrogens with zero attached hydrogens (tertiary/aromatic N) is 3. The van der Waals surface area contributed by atoms with Crippen LogP contribution in [0.1, 0.15) is 37.9 Å². The van der Waals surface area contributed by atoms with E-state index >= 15 is 0 Å². The normalized spacial score (nSPS) is 22.8. The SMILES string of the molecule is CCNC(=NCC(OC)c1ccc(F)cc1)N1CCC(N2CCCC2)C1. The quantitative estimate of drug-likeness (QED) is 0.624. The maximum Gasteiger partial charge on any atom is 0.194 e. The lowest BCUT2D eigenvalue weighted by molar-refractivity contribution is 0.110. The third kappa shape index (κ3) is 4.74. The summed E-state index contributed by atoms with van der Waals surface area (Å²) < 4.78 is 18.7. The van der Waals surface area contributed by atoms with Crippen LogP contribution in [0.2, 0.25) is 0 Å². The van der Waals surface area contributed by atoms with E-state index in [0.717, 1.165) is 31.2 Å². The van der Waals surface area contributed by atoms with Gasteiger partial charge >= 0.3 is 0 Å². The fraction of sp³-hybridized carbons (Fsp3) is 0.650. The maximum absolute atomic E-state index is 13.1. The molecule has 2 aliphatic heterocycles. The van der Waals surface area contributed by atoms with Crippen molar-refractivity contribution >= 4 is 5.96 Å². The third-order valence-corrected chi connectivity index (χ3v) is 5.39. The lowest BCUT2D eigenvalue weighted by Gasteiger charge is -2.26. The molecule has 2 saturated heterocycles. The minimum atomic E-state index is -0.231. The van der Waals surface area contributed by atoms with E-state index < -0.39 is 0 Å². The number of rotatable bonds is 6. The highest BCUT2D eigenvalue weighted by molar-refractivity contribution is 5.80. The minimum Gasteiger partial charge on any atom is -0.375 e. The minimum absolute atomic E-state index is 0.166. The number of likely N-dealkylation sites (tertiary alicyclic amines) is 2. The molecule has 2 aliphatic rings. The molecular formula is C20H31FN4O. The van der Waals surface area contributed by atoms with Crippen molar-refractivity contribution < 1.29 is 9.13 Å². The Balaban J connectivity index is 1.63. The maximum atomic E-state index is 13.1. The molecule has 3 rings (SSSR count). The molecule has 1 aromatic rings. The van der Waals surface area contributed by atoms with Crippen LogP contribution in [0.3, 0.4) is 0 Å². The molecule has 0 saturated carbocycles. The van der Waals surface area contributed by atoms with E-state index in [4.69, 9.17) is 9.73 Å². The smallest absolute Gasteiger partial charge is 0.194 e. The van der Waals surface area contributed by atoms with E-state index in [0.29, 0.717) is 12.6 Å². The summed E-state index contributed by atoms with van der Waals surface area (Å²) >= 11 is 0. The average Bonchev–Trinajstić information content (AvgIpc) is 3.34. The van der Waals surface area contributed by atoms with Gasteiger partial charge in [-0.25, -0.2) is 4.39 Å². The van der Waals surface area contributed by atoms with E-state index in [2.05, 4.69) is 22.0 Å². The Hall–Kier alpha value is -1.66. The average molecular weight is 362 g/mol. The summed E-state index contributed by atoms with van der Waals surface area (Å²) in [5.74, 6) is 0.726. The number of ether oxygens (including phenoxy) is 1. The first-order valence-electron chi connectivity index (χ1n) is 9.76. The molecule has 0 amide bonds. The van der Waals surface area contributed by atoms with Crippen LogP contribution in [0.25, 0.3) is 0 Å². The van der Waals surface area contributed by atoms with E-state index in [1.807, 2.05) is 0 Å². The Morgan fingerprint density at radius 1 is 1.27 bits per heavy atom. The van der Waals surface area contributed by atoms with Gasteiger partial charge in [-0.3, -0.25) is 9.89 Å². The second kappa shape index (κ2) is 9.33. The van der Waals surface area contributed by atoms with Gasteiger partial charge in [0.2, 0.25) is 0 Å². The van der Waals surface area contributed by atoms with Gasteiger partial charge < -0.3 is 15.0 Å². The zero-order chi connectivity index (χ0) is 18.4. The first-order valence-corrected chi connectivity index (χ1v) is 9.76. The number of aliphatic imine (C=N–C) groups is 1.